The van der Waals surface area contributed by atoms with Crippen LogP contribution in [0.2, 0.25) is 0 Å². The summed E-state index contributed by atoms with van der Waals surface area (Å²) >= 11 is 0. The Hall–Kier alpha value is -1.70. The first-order valence-corrected chi connectivity index (χ1v) is 8.25. The van der Waals surface area contributed by atoms with E-state index in [0.29, 0.717) is 6.54 Å². The average Bonchev–Trinajstić information content (AvgIpc) is 2.95. The van der Waals surface area contributed by atoms with E-state index >= 15 is 0 Å². The number of hydrogen-bond donors (Lipinski definition) is 1. The molecule has 2 aromatic rings. The summed E-state index contributed by atoms with van der Waals surface area (Å²) in [5.74, 6) is 1.75. The van der Waals surface area contributed by atoms with Crippen molar-refractivity contribution in [3.8, 4) is 5.75 Å². The number of ether oxygens (including phenoxy) is 1. The van der Waals surface area contributed by atoms with Crippen LogP contribution >= 0.6 is 24.0 Å². The van der Waals surface area contributed by atoms with Crippen LogP contribution in [0.4, 0.5) is 0 Å². The lowest BCUT2D eigenvalue weighted by atomic mass is 10.2. The van der Waals surface area contributed by atoms with Gasteiger partial charge in [-0.2, -0.15) is 0 Å². The Morgan fingerprint density at radius 2 is 1.96 bits per heavy atom. The summed E-state index contributed by atoms with van der Waals surface area (Å²) in [4.78, 5) is 6.46. The fraction of sp³-hybridized carbons (Fsp3) is 0.421. The van der Waals surface area contributed by atoms with Crippen LogP contribution in [-0.4, -0.2) is 42.2 Å². The molecule has 0 amide bonds. The van der Waals surface area contributed by atoms with Gasteiger partial charge < -0.3 is 19.5 Å². The highest BCUT2D eigenvalue weighted by Crippen LogP contribution is 2.13. The minimum Gasteiger partial charge on any atom is -0.489 e. The second kappa shape index (κ2) is 10.3. The Balaban J connectivity index is 0.00000312. The Morgan fingerprint density at radius 1 is 1.28 bits per heavy atom. The topological polar surface area (TPSA) is 41.8 Å². The van der Waals surface area contributed by atoms with Crippen molar-refractivity contribution < 1.29 is 4.74 Å². The molecule has 0 aliphatic carbocycles. The molecule has 1 aromatic heterocycles. The highest BCUT2D eigenvalue weighted by molar-refractivity contribution is 14.0. The molecular weight excluding hydrogens is 427 g/mol. The number of guanidine groups is 1. The third-order valence-electron chi connectivity index (χ3n) is 3.93. The van der Waals surface area contributed by atoms with E-state index in [4.69, 9.17) is 4.74 Å². The van der Waals surface area contributed by atoms with E-state index in [0.717, 1.165) is 18.3 Å². The zero-order chi connectivity index (χ0) is 17.5. The van der Waals surface area contributed by atoms with Crippen LogP contribution in [0.25, 0.3) is 0 Å². The van der Waals surface area contributed by atoms with Crippen LogP contribution in [0.5, 0.6) is 5.75 Å². The number of nitrogens with zero attached hydrogens (tertiary/aromatic N) is 3. The molecule has 0 saturated carbocycles. The Labute approximate surface area is 168 Å². The molecule has 0 aliphatic heterocycles. The molecule has 1 unspecified atom stereocenters. The van der Waals surface area contributed by atoms with Gasteiger partial charge in [0, 0.05) is 33.0 Å². The van der Waals surface area contributed by atoms with Crippen molar-refractivity contribution in [3.05, 3.63) is 53.9 Å². The number of aryl methyl sites for hydroxylation is 2. The van der Waals surface area contributed by atoms with Gasteiger partial charge in [-0.3, -0.25) is 4.99 Å². The van der Waals surface area contributed by atoms with E-state index in [1.54, 1.807) is 7.05 Å². The van der Waals surface area contributed by atoms with Gasteiger partial charge in [0.2, 0.25) is 0 Å². The molecule has 0 saturated heterocycles. The van der Waals surface area contributed by atoms with Crippen molar-refractivity contribution >= 4 is 29.9 Å². The number of aromatic nitrogens is 1. The first-order valence-electron chi connectivity index (χ1n) is 8.25. The van der Waals surface area contributed by atoms with E-state index in [2.05, 4.69) is 71.1 Å². The summed E-state index contributed by atoms with van der Waals surface area (Å²) < 4.78 is 8.05. The lowest BCUT2D eigenvalue weighted by Crippen LogP contribution is -2.42. The first kappa shape index (κ1) is 21.3. The minimum absolute atomic E-state index is 0. The standard InChI is InChI=1S/C19H28N4O.HI/c1-15-8-10-18(11-9-15)24-16(2)13-21-19(20-3)23(5)14-17-7-6-12-22(17)4;/h6-12,16H,13-14H2,1-5H3,(H,20,21);1H. The summed E-state index contributed by atoms with van der Waals surface area (Å²) in [6, 6.07) is 12.3. The third kappa shape index (κ3) is 6.61. The van der Waals surface area contributed by atoms with Gasteiger partial charge in [0.25, 0.3) is 0 Å². The van der Waals surface area contributed by atoms with Crippen molar-refractivity contribution in [2.24, 2.45) is 12.0 Å². The van der Waals surface area contributed by atoms with E-state index < -0.39 is 0 Å². The summed E-state index contributed by atoms with van der Waals surface area (Å²) in [5, 5.41) is 3.37. The molecule has 0 radical (unpaired) electrons. The smallest absolute Gasteiger partial charge is 0.193 e. The molecule has 2 rings (SSSR count). The van der Waals surface area contributed by atoms with Crippen molar-refractivity contribution in [1.29, 1.82) is 0 Å². The van der Waals surface area contributed by atoms with E-state index in [9.17, 15) is 0 Å². The lowest BCUT2D eigenvalue weighted by molar-refractivity contribution is 0.222. The van der Waals surface area contributed by atoms with Gasteiger partial charge in [-0.05, 0) is 38.1 Å². The van der Waals surface area contributed by atoms with Gasteiger partial charge in [-0.15, -0.1) is 24.0 Å². The molecule has 0 bridgehead atoms. The molecule has 138 valence electrons. The maximum Gasteiger partial charge on any atom is 0.193 e. The Morgan fingerprint density at radius 3 is 2.52 bits per heavy atom. The fourth-order valence-corrected chi connectivity index (χ4v) is 2.49. The highest BCUT2D eigenvalue weighted by Gasteiger charge is 2.10. The normalized spacial score (nSPS) is 12.3. The number of benzene rings is 1. The molecule has 1 N–H and O–H groups in total. The summed E-state index contributed by atoms with van der Waals surface area (Å²) in [6.45, 7) is 5.62. The quantitative estimate of drug-likeness (QED) is 0.412. The molecule has 0 fully saturated rings. The van der Waals surface area contributed by atoms with Crippen molar-refractivity contribution in [3.63, 3.8) is 0 Å². The number of aliphatic imine (C=N–C) groups is 1. The lowest BCUT2D eigenvalue weighted by Gasteiger charge is -2.24. The largest absolute Gasteiger partial charge is 0.489 e. The van der Waals surface area contributed by atoms with Gasteiger partial charge in [-0.25, -0.2) is 0 Å². The molecule has 1 aromatic carbocycles. The molecule has 1 heterocycles. The average molecular weight is 456 g/mol. The molecule has 25 heavy (non-hydrogen) atoms. The second-order valence-electron chi connectivity index (χ2n) is 6.14. The zero-order valence-electron chi connectivity index (χ0n) is 15.7. The third-order valence-corrected chi connectivity index (χ3v) is 3.93. The molecule has 1 atom stereocenters. The maximum atomic E-state index is 5.93. The van der Waals surface area contributed by atoms with Crippen LogP contribution < -0.4 is 10.1 Å². The number of hydrogen-bond acceptors (Lipinski definition) is 2. The fourth-order valence-electron chi connectivity index (χ4n) is 2.49. The summed E-state index contributed by atoms with van der Waals surface area (Å²) in [6.07, 6.45) is 2.10. The van der Waals surface area contributed by atoms with Crippen molar-refractivity contribution in [2.75, 3.05) is 20.6 Å². The van der Waals surface area contributed by atoms with Gasteiger partial charge >= 0.3 is 0 Å². The zero-order valence-corrected chi connectivity index (χ0v) is 18.0. The van der Waals surface area contributed by atoms with Crippen LogP contribution in [-0.2, 0) is 13.6 Å². The van der Waals surface area contributed by atoms with Crippen LogP contribution in [0.1, 0.15) is 18.2 Å². The number of halogens is 1. The van der Waals surface area contributed by atoms with Gasteiger partial charge in [0.05, 0.1) is 13.1 Å². The maximum absolute atomic E-state index is 5.93. The Kier molecular flexibility index (Phi) is 8.82. The minimum atomic E-state index is 0. The van der Waals surface area contributed by atoms with Crippen LogP contribution in [0.15, 0.2) is 47.6 Å². The number of nitrogens with one attached hydrogen (secondary N) is 1. The molecule has 0 aliphatic rings. The van der Waals surface area contributed by atoms with Crippen LogP contribution in [0.3, 0.4) is 0 Å². The van der Waals surface area contributed by atoms with Gasteiger partial charge in [0.1, 0.15) is 11.9 Å². The molecule has 5 nitrogen and oxygen atoms in total. The molecule has 6 heteroatoms. The highest BCUT2D eigenvalue weighted by atomic mass is 127. The van der Waals surface area contributed by atoms with E-state index in [1.165, 1.54) is 11.3 Å². The monoisotopic (exact) mass is 456 g/mol. The molecular formula is C19H29IN4O. The van der Waals surface area contributed by atoms with Crippen molar-refractivity contribution in [1.82, 2.24) is 14.8 Å². The molecule has 0 spiro atoms. The van der Waals surface area contributed by atoms with Gasteiger partial charge in [-0.1, -0.05) is 17.7 Å². The number of rotatable bonds is 6. The summed E-state index contributed by atoms with van der Waals surface area (Å²) in [7, 11) is 5.89. The SMILES string of the molecule is CN=C(NCC(C)Oc1ccc(C)cc1)N(C)Cc1cccn1C.I. The Bertz CT molecular complexity index is 666. The summed E-state index contributed by atoms with van der Waals surface area (Å²) in [5.41, 5.74) is 2.47. The second-order valence-corrected chi connectivity index (χ2v) is 6.14. The predicted octanol–water partition coefficient (Wildman–Crippen LogP) is 3.43. The van der Waals surface area contributed by atoms with Crippen LogP contribution in [0, 0.1) is 6.92 Å². The van der Waals surface area contributed by atoms with E-state index in [1.807, 2.05) is 19.2 Å². The predicted molar refractivity (Wildman–Crippen MR) is 115 cm³/mol. The first-order chi connectivity index (χ1) is 11.5. The van der Waals surface area contributed by atoms with E-state index in [-0.39, 0.29) is 30.1 Å². The van der Waals surface area contributed by atoms with Crippen molar-refractivity contribution in [2.45, 2.75) is 26.5 Å². The van der Waals surface area contributed by atoms with Gasteiger partial charge in [0.15, 0.2) is 5.96 Å².